The smallest absolute Gasteiger partial charge is 0.307 e. The van der Waals surface area contributed by atoms with E-state index in [0.717, 1.165) is 0 Å². The molecule has 2 amide bonds. The maximum absolute atomic E-state index is 13.3. The molecule has 1 aliphatic heterocycles. The minimum atomic E-state index is -0.545. The van der Waals surface area contributed by atoms with E-state index in [1.54, 1.807) is 24.3 Å². The number of carbonyl (C=O) groups excluding carboxylic acids is 1. The van der Waals surface area contributed by atoms with Crippen molar-refractivity contribution in [2.24, 2.45) is 4.99 Å². The van der Waals surface area contributed by atoms with Gasteiger partial charge in [-0.25, -0.2) is 14.1 Å². The van der Waals surface area contributed by atoms with E-state index in [2.05, 4.69) is 10.3 Å². The average Bonchev–Trinajstić information content (AvgIpc) is 2.97. The van der Waals surface area contributed by atoms with Gasteiger partial charge in [-0.1, -0.05) is 48.0 Å². The van der Waals surface area contributed by atoms with Gasteiger partial charge in [-0.05, 0) is 36.4 Å². The van der Waals surface area contributed by atoms with Crippen LogP contribution < -0.4 is 10.2 Å². The Labute approximate surface area is 159 Å². The Balaban J connectivity index is 1.90. The number of thioether (sulfide) groups is 1. The molecule has 0 fully saturated rings. The Morgan fingerprint density at radius 1 is 1.32 bits per heavy atom. The lowest BCUT2D eigenvalue weighted by atomic mass is 10.3. The van der Waals surface area contributed by atoms with Crippen molar-refractivity contribution in [3.63, 3.8) is 0 Å². The number of rotatable bonds is 2. The second-order valence-electron chi connectivity index (χ2n) is 5.43. The SMILES string of the molecule is C[C@@H]1CN=C(N(C(=O)Nc2ccc(F)c(Cl)c2)c2cccc(Cl)c2)S1. The lowest BCUT2D eigenvalue weighted by molar-refractivity contribution is 0.259. The van der Waals surface area contributed by atoms with E-state index in [1.807, 2.05) is 6.92 Å². The number of anilines is 2. The Morgan fingerprint density at radius 3 is 2.76 bits per heavy atom. The number of nitrogens with zero attached hydrogens (tertiary/aromatic N) is 2. The first-order valence-corrected chi connectivity index (χ1v) is 9.10. The third-order valence-electron chi connectivity index (χ3n) is 3.42. The summed E-state index contributed by atoms with van der Waals surface area (Å²) in [6, 6.07) is 10.5. The normalized spacial score (nSPS) is 16.5. The van der Waals surface area contributed by atoms with Crippen LogP contribution in [0.1, 0.15) is 6.92 Å². The molecule has 8 heteroatoms. The maximum atomic E-state index is 13.3. The number of hydrogen-bond acceptors (Lipinski definition) is 3. The molecule has 2 aromatic carbocycles. The first kappa shape index (κ1) is 18.0. The first-order chi connectivity index (χ1) is 11.9. The highest BCUT2D eigenvalue weighted by molar-refractivity contribution is 8.15. The van der Waals surface area contributed by atoms with Crippen LogP contribution in [0, 0.1) is 5.82 Å². The first-order valence-electron chi connectivity index (χ1n) is 7.47. The van der Waals surface area contributed by atoms with Crippen molar-refractivity contribution in [3.05, 3.63) is 58.3 Å². The third kappa shape index (κ3) is 4.26. The van der Waals surface area contributed by atoms with Crippen molar-refractivity contribution in [2.75, 3.05) is 16.8 Å². The predicted molar refractivity (Wildman–Crippen MR) is 104 cm³/mol. The van der Waals surface area contributed by atoms with Crippen molar-refractivity contribution in [1.29, 1.82) is 0 Å². The number of urea groups is 1. The number of aliphatic imine (C=N–C) groups is 1. The van der Waals surface area contributed by atoms with Gasteiger partial charge in [0.25, 0.3) is 0 Å². The van der Waals surface area contributed by atoms with Crippen LogP contribution in [0.15, 0.2) is 47.5 Å². The molecule has 0 radical (unpaired) electrons. The zero-order chi connectivity index (χ0) is 18.0. The van der Waals surface area contributed by atoms with Crippen LogP contribution in [0.25, 0.3) is 0 Å². The molecule has 0 unspecified atom stereocenters. The van der Waals surface area contributed by atoms with Gasteiger partial charge in [0, 0.05) is 16.0 Å². The number of hydrogen-bond donors (Lipinski definition) is 1. The molecule has 0 bridgehead atoms. The molecule has 1 heterocycles. The van der Waals surface area contributed by atoms with Crippen LogP contribution in [0.3, 0.4) is 0 Å². The minimum absolute atomic E-state index is 0.0618. The zero-order valence-electron chi connectivity index (χ0n) is 13.2. The molecule has 4 nitrogen and oxygen atoms in total. The van der Waals surface area contributed by atoms with Crippen LogP contribution in [-0.2, 0) is 0 Å². The van der Waals surface area contributed by atoms with Gasteiger partial charge in [0.1, 0.15) is 5.82 Å². The Morgan fingerprint density at radius 2 is 2.12 bits per heavy atom. The summed E-state index contributed by atoms with van der Waals surface area (Å²) in [5, 5.41) is 4.03. The van der Waals surface area contributed by atoms with Gasteiger partial charge in [-0.15, -0.1) is 0 Å². The van der Waals surface area contributed by atoms with Crippen molar-refractivity contribution in [3.8, 4) is 0 Å². The van der Waals surface area contributed by atoms with Crippen molar-refractivity contribution < 1.29 is 9.18 Å². The highest BCUT2D eigenvalue weighted by atomic mass is 35.5. The van der Waals surface area contributed by atoms with E-state index in [-0.39, 0.29) is 10.3 Å². The van der Waals surface area contributed by atoms with Crippen LogP contribution in [0.5, 0.6) is 0 Å². The van der Waals surface area contributed by atoms with E-state index in [1.165, 1.54) is 34.9 Å². The largest absolute Gasteiger partial charge is 0.332 e. The molecule has 130 valence electrons. The van der Waals surface area contributed by atoms with Gasteiger partial charge in [-0.2, -0.15) is 0 Å². The van der Waals surface area contributed by atoms with Gasteiger partial charge in [0.15, 0.2) is 5.17 Å². The summed E-state index contributed by atoms with van der Waals surface area (Å²) in [4.78, 5) is 18.7. The minimum Gasteiger partial charge on any atom is -0.307 e. The van der Waals surface area contributed by atoms with E-state index in [4.69, 9.17) is 23.2 Å². The molecule has 1 atom stereocenters. The molecule has 0 saturated heterocycles. The van der Waals surface area contributed by atoms with Crippen molar-refractivity contribution in [1.82, 2.24) is 0 Å². The highest BCUT2D eigenvalue weighted by Crippen LogP contribution is 2.29. The zero-order valence-corrected chi connectivity index (χ0v) is 15.5. The Kier molecular flexibility index (Phi) is 5.51. The van der Waals surface area contributed by atoms with Crippen LogP contribution >= 0.6 is 35.0 Å². The lowest BCUT2D eigenvalue weighted by Crippen LogP contribution is -2.38. The van der Waals surface area contributed by atoms with E-state index >= 15 is 0 Å². The molecule has 3 rings (SSSR count). The summed E-state index contributed by atoms with van der Waals surface area (Å²) in [5.74, 6) is -0.545. The number of nitrogens with one attached hydrogen (secondary N) is 1. The predicted octanol–water partition coefficient (Wildman–Crippen LogP) is 5.66. The fraction of sp³-hybridized carbons (Fsp3) is 0.176. The molecule has 0 aliphatic carbocycles. The van der Waals surface area contributed by atoms with Crippen molar-refractivity contribution >= 4 is 57.5 Å². The molecule has 2 aromatic rings. The average molecular weight is 398 g/mol. The molecule has 1 N–H and O–H groups in total. The van der Waals surface area contributed by atoms with Crippen LogP contribution in [-0.4, -0.2) is 23.0 Å². The maximum Gasteiger partial charge on any atom is 0.332 e. The highest BCUT2D eigenvalue weighted by Gasteiger charge is 2.27. The molecule has 25 heavy (non-hydrogen) atoms. The van der Waals surface area contributed by atoms with Crippen LogP contribution in [0.2, 0.25) is 10.0 Å². The Bertz CT molecular complexity index is 846. The molecule has 0 spiro atoms. The summed E-state index contributed by atoms with van der Waals surface area (Å²) in [5.41, 5.74) is 0.985. The van der Waals surface area contributed by atoms with Gasteiger partial charge >= 0.3 is 6.03 Å². The van der Waals surface area contributed by atoms with E-state index in [9.17, 15) is 9.18 Å². The molecular formula is C17H14Cl2FN3OS. The number of carbonyl (C=O) groups is 1. The number of amidine groups is 1. The summed E-state index contributed by atoms with van der Waals surface area (Å²) < 4.78 is 13.3. The number of amides is 2. The topological polar surface area (TPSA) is 44.7 Å². The molecule has 1 aliphatic rings. The second-order valence-corrected chi connectivity index (χ2v) is 7.68. The number of benzene rings is 2. The molecule has 0 aromatic heterocycles. The fourth-order valence-electron chi connectivity index (χ4n) is 2.27. The van der Waals surface area contributed by atoms with E-state index < -0.39 is 11.8 Å². The summed E-state index contributed by atoms with van der Waals surface area (Å²) in [6.45, 7) is 2.67. The second kappa shape index (κ2) is 7.64. The standard InChI is InChI=1S/C17H14Cl2FN3OS/c1-10-9-21-17(25-10)23(13-4-2-3-11(18)7-13)16(24)22-12-5-6-15(20)14(19)8-12/h2-8,10H,9H2,1H3,(H,22,24)/t10-/m1/s1. The fourth-order valence-corrected chi connectivity index (χ4v) is 3.58. The van der Waals surface area contributed by atoms with Gasteiger partial charge < -0.3 is 5.32 Å². The van der Waals surface area contributed by atoms with Crippen LogP contribution in [0.4, 0.5) is 20.6 Å². The monoisotopic (exact) mass is 397 g/mol. The van der Waals surface area contributed by atoms with Crippen molar-refractivity contribution in [2.45, 2.75) is 12.2 Å². The van der Waals surface area contributed by atoms with Gasteiger partial charge in [0.05, 0.1) is 17.3 Å². The summed E-state index contributed by atoms with van der Waals surface area (Å²) in [7, 11) is 0. The summed E-state index contributed by atoms with van der Waals surface area (Å²) in [6.07, 6.45) is 0. The lowest BCUT2D eigenvalue weighted by Gasteiger charge is -2.23. The summed E-state index contributed by atoms with van der Waals surface area (Å²) >= 11 is 13.3. The number of halogens is 3. The van der Waals surface area contributed by atoms with Gasteiger partial charge in [0.2, 0.25) is 0 Å². The quantitative estimate of drug-likeness (QED) is 0.709. The third-order valence-corrected chi connectivity index (χ3v) is 5.02. The van der Waals surface area contributed by atoms with E-state index in [0.29, 0.717) is 28.1 Å². The Hall–Kier alpha value is -1.76. The van der Waals surface area contributed by atoms with Gasteiger partial charge in [-0.3, -0.25) is 4.99 Å². The molecule has 0 saturated carbocycles. The molecular weight excluding hydrogens is 384 g/mol.